The smallest absolute Gasteiger partial charge is 0.149 e. The van der Waals surface area contributed by atoms with Crippen molar-refractivity contribution in [3.63, 3.8) is 0 Å². The summed E-state index contributed by atoms with van der Waals surface area (Å²) in [5.74, 6) is -1.41. The van der Waals surface area contributed by atoms with Crippen LogP contribution in [-0.4, -0.2) is 23.4 Å². The number of nitrogens with two attached hydrogens (primary N) is 1. The highest BCUT2D eigenvalue weighted by molar-refractivity contribution is 5.99. The summed E-state index contributed by atoms with van der Waals surface area (Å²) in [5.41, 5.74) is 7.73. The maximum absolute atomic E-state index is 13.7. The van der Waals surface area contributed by atoms with Crippen LogP contribution in [0.5, 0.6) is 0 Å². The number of anilines is 1. The van der Waals surface area contributed by atoms with Crippen molar-refractivity contribution in [1.82, 2.24) is 4.98 Å². The van der Waals surface area contributed by atoms with Crippen molar-refractivity contribution in [3.05, 3.63) is 65.1 Å². The third kappa shape index (κ3) is 4.37. The Bertz CT molecular complexity index is 837. The Hall–Kier alpha value is -3.29. The molecule has 0 amide bonds. The molecule has 1 atom stereocenters. The molecule has 130 valence electrons. The Kier molecular flexibility index (Phi) is 5.78. The molecule has 0 fully saturated rings. The number of nitrogens with one attached hydrogen (secondary N) is 4. The second-order valence-corrected chi connectivity index (χ2v) is 5.25. The number of hydrogen-bond donors (Lipinski definition) is 5. The summed E-state index contributed by atoms with van der Waals surface area (Å²) in [6.07, 6.45) is 3.49. The topological polar surface area (TPSA) is 114 Å². The number of allylic oxidation sites excluding steroid dienone is 1. The number of halogens is 2. The number of amidine groups is 1. The number of aliphatic imine (C=N–C) groups is 1. The van der Waals surface area contributed by atoms with Gasteiger partial charge in [-0.1, -0.05) is 6.92 Å². The molecule has 1 heterocycles. The minimum absolute atomic E-state index is 0.113. The Morgan fingerprint density at radius 2 is 2.04 bits per heavy atom. The van der Waals surface area contributed by atoms with E-state index < -0.39 is 11.6 Å². The number of aromatic nitrogens is 1. The molecule has 0 saturated heterocycles. The Balaban J connectivity index is 2.20. The van der Waals surface area contributed by atoms with E-state index in [9.17, 15) is 8.78 Å². The first-order valence-corrected chi connectivity index (χ1v) is 7.40. The Morgan fingerprint density at radius 1 is 1.28 bits per heavy atom. The molecule has 2 rings (SSSR count). The summed E-state index contributed by atoms with van der Waals surface area (Å²) in [5, 5.41) is 17.2. The molecule has 0 aliphatic carbocycles. The second kappa shape index (κ2) is 8.00. The van der Waals surface area contributed by atoms with Crippen molar-refractivity contribution in [3.8, 4) is 0 Å². The molecule has 0 aliphatic heterocycles. The monoisotopic (exact) mass is 344 g/mol. The average molecular weight is 344 g/mol. The van der Waals surface area contributed by atoms with E-state index in [0.29, 0.717) is 11.3 Å². The molecule has 6 N–H and O–H groups in total. The zero-order valence-electron chi connectivity index (χ0n) is 13.5. The molecular weight excluding hydrogens is 326 g/mol. The Morgan fingerprint density at radius 3 is 2.68 bits per heavy atom. The molecule has 1 unspecified atom stereocenters. The fourth-order valence-electron chi connectivity index (χ4n) is 2.19. The van der Waals surface area contributed by atoms with Crippen LogP contribution in [0.25, 0.3) is 0 Å². The standard InChI is InChI=1S/C17H18F2N6/c1-10(14-4-5-16(25-14)17(22)24-9-21)11(7-20)8-23-15-3-2-12(18)6-13(15)19/h2-10,20,23,25H,1H3,(H3,21,22,24)/b11-8+,20-7?. The van der Waals surface area contributed by atoms with Gasteiger partial charge >= 0.3 is 0 Å². The molecule has 6 nitrogen and oxygen atoms in total. The van der Waals surface area contributed by atoms with Crippen LogP contribution in [0, 0.1) is 22.5 Å². The van der Waals surface area contributed by atoms with Gasteiger partial charge in [0.25, 0.3) is 0 Å². The predicted molar refractivity (Wildman–Crippen MR) is 95.6 cm³/mol. The lowest BCUT2D eigenvalue weighted by Crippen LogP contribution is -2.14. The molecule has 1 aromatic carbocycles. The van der Waals surface area contributed by atoms with Crippen molar-refractivity contribution in [2.45, 2.75) is 12.8 Å². The van der Waals surface area contributed by atoms with Gasteiger partial charge in [-0.2, -0.15) is 0 Å². The van der Waals surface area contributed by atoms with Crippen molar-refractivity contribution in [2.75, 3.05) is 5.32 Å². The zero-order valence-corrected chi connectivity index (χ0v) is 13.5. The highest BCUT2D eigenvalue weighted by Gasteiger charge is 2.13. The molecule has 25 heavy (non-hydrogen) atoms. The summed E-state index contributed by atoms with van der Waals surface area (Å²) in [4.78, 5) is 6.76. The fourth-order valence-corrected chi connectivity index (χ4v) is 2.19. The van der Waals surface area contributed by atoms with E-state index in [1.54, 1.807) is 12.1 Å². The molecular formula is C17H18F2N6. The SMILES string of the molecule is CC(/C(C=N)=C/Nc1ccc(F)cc1F)c1ccc(/C(N)=N\C=N)[nH]1. The van der Waals surface area contributed by atoms with Crippen LogP contribution in [0.1, 0.15) is 24.2 Å². The van der Waals surface area contributed by atoms with Crippen molar-refractivity contribution >= 4 is 24.1 Å². The molecule has 0 spiro atoms. The first-order valence-electron chi connectivity index (χ1n) is 7.40. The zero-order chi connectivity index (χ0) is 18.4. The van der Waals surface area contributed by atoms with Crippen LogP contribution in [0.4, 0.5) is 14.5 Å². The van der Waals surface area contributed by atoms with Crippen LogP contribution in [0.2, 0.25) is 0 Å². The molecule has 0 aliphatic rings. The van der Waals surface area contributed by atoms with Gasteiger partial charge in [-0.3, -0.25) is 5.41 Å². The quantitative estimate of drug-likeness (QED) is 0.392. The van der Waals surface area contributed by atoms with Gasteiger partial charge in [-0.15, -0.1) is 0 Å². The van der Waals surface area contributed by atoms with Gasteiger partial charge in [0.2, 0.25) is 0 Å². The number of hydrogen-bond acceptors (Lipinski definition) is 3. The van der Waals surface area contributed by atoms with Crippen LogP contribution in [0.3, 0.4) is 0 Å². The molecule has 2 aromatic rings. The van der Waals surface area contributed by atoms with Crippen molar-refractivity contribution < 1.29 is 8.78 Å². The predicted octanol–water partition coefficient (Wildman–Crippen LogP) is 3.35. The molecule has 0 radical (unpaired) electrons. The lowest BCUT2D eigenvalue weighted by Gasteiger charge is -2.12. The summed E-state index contributed by atoms with van der Waals surface area (Å²) >= 11 is 0. The molecule has 8 heteroatoms. The normalized spacial score (nSPS) is 13.4. The minimum Gasteiger partial charge on any atom is -0.382 e. The maximum atomic E-state index is 13.7. The first-order chi connectivity index (χ1) is 12.0. The van der Waals surface area contributed by atoms with Gasteiger partial charge in [-0.25, -0.2) is 13.8 Å². The molecule has 0 saturated carbocycles. The van der Waals surface area contributed by atoms with E-state index in [2.05, 4.69) is 15.3 Å². The van der Waals surface area contributed by atoms with E-state index in [0.717, 1.165) is 30.4 Å². The number of H-pyrrole nitrogens is 1. The number of benzene rings is 1. The van der Waals surface area contributed by atoms with Crippen LogP contribution >= 0.6 is 0 Å². The summed E-state index contributed by atoms with van der Waals surface area (Å²) in [6, 6.07) is 6.74. The molecule has 0 bridgehead atoms. The maximum Gasteiger partial charge on any atom is 0.149 e. The largest absolute Gasteiger partial charge is 0.382 e. The summed E-state index contributed by atoms with van der Waals surface area (Å²) < 4.78 is 26.6. The van der Waals surface area contributed by atoms with Gasteiger partial charge in [0.15, 0.2) is 0 Å². The van der Waals surface area contributed by atoms with Crippen molar-refractivity contribution in [1.29, 1.82) is 10.8 Å². The Labute approximate surface area is 143 Å². The highest BCUT2D eigenvalue weighted by Crippen LogP contribution is 2.23. The van der Waals surface area contributed by atoms with Gasteiger partial charge < -0.3 is 21.4 Å². The van der Waals surface area contributed by atoms with Gasteiger partial charge in [0.1, 0.15) is 23.8 Å². The van der Waals surface area contributed by atoms with Gasteiger partial charge in [-0.05, 0) is 29.8 Å². The van der Waals surface area contributed by atoms with E-state index in [1.807, 2.05) is 6.92 Å². The second-order valence-electron chi connectivity index (χ2n) is 5.25. The minimum atomic E-state index is -0.717. The number of rotatable bonds is 7. The molecule has 1 aromatic heterocycles. The van der Waals surface area contributed by atoms with E-state index in [-0.39, 0.29) is 17.4 Å². The average Bonchev–Trinajstić information content (AvgIpc) is 3.07. The van der Waals surface area contributed by atoms with Crippen LogP contribution in [-0.2, 0) is 0 Å². The van der Waals surface area contributed by atoms with Gasteiger partial charge in [0.05, 0.1) is 11.4 Å². The first kappa shape index (κ1) is 18.1. The van der Waals surface area contributed by atoms with Crippen LogP contribution in [0.15, 0.2) is 47.1 Å². The number of aromatic amines is 1. The van der Waals surface area contributed by atoms with Gasteiger partial charge in [0, 0.05) is 30.1 Å². The lowest BCUT2D eigenvalue weighted by molar-refractivity contribution is 0.586. The third-order valence-corrected chi connectivity index (χ3v) is 3.65. The summed E-state index contributed by atoms with van der Waals surface area (Å²) in [6.45, 7) is 1.86. The number of nitrogens with zero attached hydrogens (tertiary/aromatic N) is 1. The van der Waals surface area contributed by atoms with E-state index >= 15 is 0 Å². The highest BCUT2D eigenvalue weighted by atomic mass is 19.1. The van der Waals surface area contributed by atoms with E-state index in [1.165, 1.54) is 12.3 Å². The summed E-state index contributed by atoms with van der Waals surface area (Å²) in [7, 11) is 0. The van der Waals surface area contributed by atoms with E-state index in [4.69, 9.17) is 16.6 Å². The van der Waals surface area contributed by atoms with Crippen molar-refractivity contribution in [2.24, 2.45) is 10.7 Å². The van der Waals surface area contributed by atoms with Crippen LogP contribution < -0.4 is 11.1 Å². The lowest BCUT2D eigenvalue weighted by atomic mass is 9.99. The third-order valence-electron chi connectivity index (χ3n) is 3.65. The fraction of sp³-hybridized carbons (Fsp3) is 0.118.